The van der Waals surface area contributed by atoms with E-state index in [0.717, 1.165) is 5.75 Å². The molecule has 25 N–H and O–H groups in total. The number of carbonyl (C=O) groups is 8. The number of aromatic amines is 1. The maximum atomic E-state index is 11.8. The first kappa shape index (κ1) is 65.7. The monoisotopic (exact) mass is 985 g/mol. The average molecular weight is 986 g/mol. The summed E-state index contributed by atoms with van der Waals surface area (Å²) in [7, 11) is 0. The van der Waals surface area contributed by atoms with Gasteiger partial charge < -0.3 is 102 Å². The minimum Gasteiger partial charge on any atom is -0.480 e. The van der Waals surface area contributed by atoms with E-state index in [1.54, 1.807) is 11.8 Å². The summed E-state index contributed by atoms with van der Waals surface area (Å²) in [6, 6.07) is -8.73. The molecule has 30 heteroatoms. The zero-order chi connectivity index (χ0) is 52.6. The van der Waals surface area contributed by atoms with Crippen molar-refractivity contribution in [3.05, 3.63) is 18.2 Å². The Labute approximate surface area is 391 Å². The number of carbonyl (C=O) groups excluding carboxylic acids is 5. The molecule has 0 aliphatic heterocycles. The molecule has 0 aliphatic carbocycles. The first-order valence-corrected chi connectivity index (χ1v) is 21.6. The molecule has 1 heterocycles. The number of carboxylic acid groups (broad SMARTS) is 3. The van der Waals surface area contributed by atoms with Crippen molar-refractivity contribution >= 4 is 65.5 Å². The molecule has 0 unspecified atom stereocenters. The van der Waals surface area contributed by atoms with E-state index in [1.165, 1.54) is 26.4 Å². The molecular formula is C37H71N13O16S. The molecule has 1 aromatic heterocycles. The number of aliphatic imine (C=N–C) groups is 1. The number of nitrogens with zero attached hydrogens (tertiary/aromatic N) is 2. The van der Waals surface area contributed by atoms with Gasteiger partial charge in [0.25, 0.3) is 0 Å². The summed E-state index contributed by atoms with van der Waals surface area (Å²) in [5, 5.41) is 33.9. The van der Waals surface area contributed by atoms with Crippen LogP contribution in [0.2, 0.25) is 0 Å². The summed E-state index contributed by atoms with van der Waals surface area (Å²) in [5.41, 5.74) is 54.3. The van der Waals surface area contributed by atoms with E-state index < -0.39 is 122 Å². The molecule has 0 saturated carbocycles. The topological polar surface area (TPSA) is 556 Å². The Hall–Kier alpha value is -5.57. The predicted octanol–water partition coefficient (Wildman–Crippen LogP) is -5.89. The summed E-state index contributed by atoms with van der Waals surface area (Å²) in [4.78, 5) is 99.5. The third-order valence-corrected chi connectivity index (χ3v) is 8.79. The molecule has 0 amide bonds. The summed E-state index contributed by atoms with van der Waals surface area (Å²) in [6.07, 6.45) is 4.60. The highest BCUT2D eigenvalue weighted by Gasteiger charge is 2.31. The summed E-state index contributed by atoms with van der Waals surface area (Å²) in [5.74, 6) is -6.73. The molecule has 1 aromatic rings. The molecule has 0 saturated heterocycles. The third kappa shape index (κ3) is 32.7. The maximum Gasteiger partial charge on any atom is 0.334 e. The van der Waals surface area contributed by atoms with Gasteiger partial charge in [-0.1, -0.05) is 13.8 Å². The van der Waals surface area contributed by atoms with E-state index in [-0.39, 0.29) is 18.8 Å². The van der Waals surface area contributed by atoms with Crippen LogP contribution in [-0.2, 0) is 63.7 Å². The number of imidazole rings is 1. The van der Waals surface area contributed by atoms with Crippen LogP contribution in [0.1, 0.15) is 59.1 Å². The molecule has 0 bridgehead atoms. The molecule has 0 aromatic carbocycles. The number of H-pyrrole nitrogens is 1. The number of nitrogens with two attached hydrogens (primary N) is 10. The molecule has 1 rings (SSSR count). The molecule has 10 atom stereocenters. The number of aliphatic carboxylic acids is 3. The number of aliphatic hydroxyl groups is 1. The predicted molar refractivity (Wildman–Crippen MR) is 242 cm³/mol. The van der Waals surface area contributed by atoms with Crippen LogP contribution < -0.4 is 57.3 Å². The van der Waals surface area contributed by atoms with Gasteiger partial charge in [-0.05, 0) is 57.5 Å². The molecule has 386 valence electrons. The Kier molecular flexibility index (Phi) is 35.8. The van der Waals surface area contributed by atoms with Crippen molar-refractivity contribution in [3.8, 4) is 0 Å². The first-order chi connectivity index (χ1) is 31.0. The van der Waals surface area contributed by atoms with Crippen molar-refractivity contribution in [1.29, 1.82) is 0 Å². The fourth-order valence-electron chi connectivity index (χ4n) is 4.07. The van der Waals surface area contributed by atoms with Gasteiger partial charge in [0.1, 0.15) is 67.1 Å². The van der Waals surface area contributed by atoms with Gasteiger partial charge in [-0.25, -0.2) is 14.6 Å². The number of guanidine groups is 1. The second-order valence-corrected chi connectivity index (χ2v) is 15.7. The van der Waals surface area contributed by atoms with Gasteiger partial charge in [-0.2, -0.15) is 11.8 Å². The minimum atomic E-state index is -1.40. The number of esters is 5. The lowest BCUT2D eigenvalue weighted by Gasteiger charge is -2.23. The van der Waals surface area contributed by atoms with Crippen molar-refractivity contribution < 1.29 is 77.7 Å². The van der Waals surface area contributed by atoms with E-state index in [2.05, 4.69) is 19.7 Å². The highest BCUT2D eigenvalue weighted by Crippen LogP contribution is 2.06. The number of hydrogen-bond acceptors (Lipinski definition) is 24. The van der Waals surface area contributed by atoms with Gasteiger partial charge in [0.05, 0.1) is 12.9 Å². The minimum absolute atomic E-state index is 0.0561. The van der Waals surface area contributed by atoms with Crippen LogP contribution in [0.3, 0.4) is 0 Å². The van der Waals surface area contributed by atoms with Gasteiger partial charge in [0.15, 0.2) is 5.96 Å². The van der Waals surface area contributed by atoms with Gasteiger partial charge in [-0.3, -0.25) is 33.8 Å². The van der Waals surface area contributed by atoms with Crippen molar-refractivity contribution in [3.63, 3.8) is 0 Å². The maximum absolute atomic E-state index is 11.8. The van der Waals surface area contributed by atoms with Crippen LogP contribution in [0.4, 0.5) is 0 Å². The summed E-state index contributed by atoms with van der Waals surface area (Å²) >= 11 is 1.60. The summed E-state index contributed by atoms with van der Waals surface area (Å²) < 4.78 is 19.0. The zero-order valence-electron chi connectivity index (χ0n) is 38.1. The fourth-order valence-corrected chi connectivity index (χ4v) is 4.56. The molecule has 0 aliphatic rings. The van der Waals surface area contributed by atoms with Crippen molar-refractivity contribution in [1.82, 2.24) is 9.97 Å². The first-order valence-electron chi connectivity index (χ1n) is 20.2. The molecule has 0 fully saturated rings. The van der Waals surface area contributed by atoms with Crippen molar-refractivity contribution in [2.75, 3.05) is 31.8 Å². The fraction of sp³-hybridized carbons (Fsp3) is 0.676. The van der Waals surface area contributed by atoms with Gasteiger partial charge in [0.2, 0.25) is 0 Å². The number of rotatable bonds is 26. The molecular weight excluding hydrogens is 915 g/mol. The number of aromatic nitrogens is 2. The van der Waals surface area contributed by atoms with Crippen LogP contribution in [-0.4, -0.2) is 176 Å². The van der Waals surface area contributed by atoms with Crippen LogP contribution in [0.25, 0.3) is 0 Å². The quantitative estimate of drug-likeness (QED) is 0.0103. The number of hydrogen-bond donors (Lipinski definition) is 15. The van der Waals surface area contributed by atoms with Crippen LogP contribution in [0, 0.1) is 5.92 Å². The van der Waals surface area contributed by atoms with E-state index >= 15 is 0 Å². The number of ether oxygens (including phenoxy) is 4. The highest BCUT2D eigenvalue weighted by molar-refractivity contribution is 7.98. The van der Waals surface area contributed by atoms with Gasteiger partial charge in [-0.15, -0.1) is 0 Å². The Balaban J connectivity index is -0.000000914. The normalized spacial score (nSPS) is 15.0. The molecule has 29 nitrogen and oxygen atoms in total. The standard InChI is InChI=1S/C15H26N8O5.C11H21N3O7.C6H13NO2.C5H11NO2S/c16-9(2-1-3-22-15(19)20)12(24)27-6-11(18)14(26)28-13(25)10(17)4-8-5-21-7-23-8;1-4(7(13)9(16)17)21-11(19)8(14)5(2)20-10(18)6(12)3-15;1-4(2)3-5(7)6(8)9;1-9-3-2-4(6)5(7)8/h5,7,9-11H,1-4,6,16-18H2,(H,21,23)(H4,19,20,22);4-8,15H,3,12-14H2,1-2H3,(H,16,17);4-5H,3,7H2,1-2H3,(H,8,9);4H,2-3,6H2,1H3,(H,7,8)/t9-,10-,11-;4-,5-,6+,7+,8+;5-;4-/m0100/s1. The lowest BCUT2D eigenvalue weighted by Crippen LogP contribution is -2.50. The number of nitrogens with one attached hydrogen (secondary N) is 1. The second kappa shape index (κ2) is 36.5. The number of thioether (sulfide) groups is 1. The van der Waals surface area contributed by atoms with Crippen molar-refractivity contribution in [2.24, 2.45) is 68.2 Å². The number of carboxylic acids is 3. The van der Waals surface area contributed by atoms with Gasteiger partial charge >= 0.3 is 47.8 Å². The van der Waals surface area contributed by atoms with E-state index in [9.17, 15) is 38.4 Å². The second-order valence-electron chi connectivity index (χ2n) is 14.7. The van der Waals surface area contributed by atoms with Crippen molar-refractivity contribution in [2.45, 2.75) is 120 Å². The number of aliphatic hydroxyl groups excluding tert-OH is 1. The van der Waals surface area contributed by atoms with Crippen LogP contribution in [0.15, 0.2) is 17.5 Å². The third-order valence-electron chi connectivity index (χ3n) is 8.14. The lowest BCUT2D eigenvalue weighted by atomic mass is 10.1. The Morgan fingerprint density at radius 1 is 0.687 bits per heavy atom. The zero-order valence-corrected chi connectivity index (χ0v) is 39.0. The Bertz CT molecular complexity index is 1670. The molecule has 67 heavy (non-hydrogen) atoms. The highest BCUT2D eigenvalue weighted by atomic mass is 32.2. The molecule has 0 spiro atoms. The van der Waals surface area contributed by atoms with E-state index in [0.29, 0.717) is 37.4 Å². The largest absolute Gasteiger partial charge is 0.480 e. The van der Waals surface area contributed by atoms with Crippen LogP contribution in [0.5, 0.6) is 0 Å². The van der Waals surface area contributed by atoms with Gasteiger partial charge in [0, 0.05) is 24.9 Å². The SMILES string of the molecule is CC(C)C[C@H](N)C(=O)O.CSCC[C@H](N)C(=O)O.C[C@@H](OC(=O)[C@@H](N)[C@@H](C)OC(=O)[C@@H](N)CO)[C@H](N)C(=O)O.NC(N)=NCCC[C@H](N)C(=O)OC[C@H](N)C(=O)OC(=O)[C@@H](N)Cc1cnc[nH]1. The summed E-state index contributed by atoms with van der Waals surface area (Å²) in [6.45, 7) is 5.72. The molecule has 0 radical (unpaired) electrons. The average Bonchev–Trinajstić information content (AvgIpc) is 3.78. The lowest BCUT2D eigenvalue weighted by molar-refractivity contribution is -0.164. The van der Waals surface area contributed by atoms with E-state index in [4.69, 9.17) is 92.0 Å². The van der Waals surface area contributed by atoms with E-state index in [1.807, 2.05) is 20.1 Å². The Morgan fingerprint density at radius 2 is 1.22 bits per heavy atom. The Morgan fingerprint density at radius 3 is 1.67 bits per heavy atom. The smallest absolute Gasteiger partial charge is 0.334 e. The van der Waals surface area contributed by atoms with Crippen LogP contribution >= 0.6 is 11.8 Å².